The molecule has 0 aliphatic heterocycles. The summed E-state index contributed by atoms with van der Waals surface area (Å²) in [6.45, 7) is 3.39. The molecule has 0 aliphatic rings. The number of nitrogens with zero attached hydrogens (tertiary/aromatic N) is 4. The van der Waals surface area contributed by atoms with Crippen molar-refractivity contribution in [3.8, 4) is 5.75 Å². The maximum Gasteiger partial charge on any atom is 0.212 e. The highest BCUT2D eigenvalue weighted by atomic mass is 16.5. The molecule has 0 saturated carbocycles. The van der Waals surface area contributed by atoms with Gasteiger partial charge in [0.05, 0.1) is 6.54 Å². The fourth-order valence-electron chi connectivity index (χ4n) is 1.40. The maximum atomic E-state index is 5.55. The Hall–Kier alpha value is -1.95. The van der Waals surface area contributed by atoms with Crippen LogP contribution >= 0.6 is 0 Å². The average molecular weight is 233 g/mol. The van der Waals surface area contributed by atoms with Crippen LogP contribution in [0, 0.1) is 6.92 Å². The molecule has 0 aliphatic carbocycles. The van der Waals surface area contributed by atoms with Crippen LogP contribution in [0.3, 0.4) is 0 Å². The van der Waals surface area contributed by atoms with Gasteiger partial charge in [0.15, 0.2) is 6.61 Å². The van der Waals surface area contributed by atoms with Gasteiger partial charge in [-0.15, -0.1) is 10.2 Å². The lowest BCUT2D eigenvalue weighted by molar-refractivity contribution is 0.295. The number of hydrogen-bond acceptors (Lipinski definition) is 5. The molecule has 2 N–H and O–H groups in total. The zero-order valence-corrected chi connectivity index (χ0v) is 9.71. The van der Waals surface area contributed by atoms with Crippen molar-refractivity contribution in [1.82, 2.24) is 20.2 Å². The molecule has 17 heavy (non-hydrogen) atoms. The van der Waals surface area contributed by atoms with E-state index in [-0.39, 0.29) is 0 Å². The molecule has 90 valence electrons. The van der Waals surface area contributed by atoms with Gasteiger partial charge >= 0.3 is 0 Å². The van der Waals surface area contributed by atoms with Crippen LogP contribution in [0.4, 0.5) is 0 Å². The molecule has 1 aromatic carbocycles. The van der Waals surface area contributed by atoms with Crippen molar-refractivity contribution < 1.29 is 4.74 Å². The summed E-state index contributed by atoms with van der Waals surface area (Å²) in [5.74, 6) is 1.36. The normalized spacial score (nSPS) is 10.5. The third-order valence-corrected chi connectivity index (χ3v) is 2.18. The van der Waals surface area contributed by atoms with Gasteiger partial charge in [-0.2, -0.15) is 4.80 Å². The highest BCUT2D eigenvalue weighted by molar-refractivity contribution is 5.27. The Labute approximate surface area is 99.4 Å². The van der Waals surface area contributed by atoms with Crippen molar-refractivity contribution in [3.63, 3.8) is 0 Å². The average Bonchev–Trinajstić information content (AvgIpc) is 2.75. The summed E-state index contributed by atoms with van der Waals surface area (Å²) in [5, 5.41) is 11.9. The van der Waals surface area contributed by atoms with Crippen LogP contribution in [0.2, 0.25) is 0 Å². The number of benzene rings is 1. The van der Waals surface area contributed by atoms with Gasteiger partial charge in [0.2, 0.25) is 5.82 Å². The van der Waals surface area contributed by atoms with E-state index in [4.69, 9.17) is 10.5 Å². The standard InChI is InChI=1S/C11H15N5O/c1-9-3-2-4-10(7-9)17-8-11-13-15-16(14-11)6-5-12/h2-4,7H,5-6,8,12H2,1H3. The van der Waals surface area contributed by atoms with E-state index in [1.165, 1.54) is 4.80 Å². The molecule has 0 saturated heterocycles. The lowest BCUT2D eigenvalue weighted by Gasteiger charge is -2.03. The first kappa shape index (κ1) is 11.5. The molecule has 0 unspecified atom stereocenters. The predicted octanol–water partition coefficient (Wildman–Crippen LogP) is 0.519. The van der Waals surface area contributed by atoms with Gasteiger partial charge < -0.3 is 10.5 Å². The molecule has 1 heterocycles. The van der Waals surface area contributed by atoms with Gasteiger partial charge in [0.1, 0.15) is 5.75 Å². The first-order valence-electron chi connectivity index (χ1n) is 5.44. The van der Waals surface area contributed by atoms with Crippen LogP contribution in [-0.2, 0) is 13.2 Å². The minimum Gasteiger partial charge on any atom is -0.485 e. The first-order chi connectivity index (χ1) is 8.28. The molecular weight excluding hydrogens is 218 g/mol. The van der Waals surface area contributed by atoms with Gasteiger partial charge in [-0.3, -0.25) is 0 Å². The largest absolute Gasteiger partial charge is 0.485 e. The summed E-state index contributed by atoms with van der Waals surface area (Å²) >= 11 is 0. The summed E-state index contributed by atoms with van der Waals surface area (Å²) in [4.78, 5) is 1.47. The maximum absolute atomic E-state index is 5.55. The molecule has 6 nitrogen and oxygen atoms in total. The van der Waals surface area contributed by atoms with Crippen LogP contribution in [0.1, 0.15) is 11.4 Å². The van der Waals surface area contributed by atoms with Gasteiger partial charge in [-0.25, -0.2) is 0 Å². The van der Waals surface area contributed by atoms with E-state index in [9.17, 15) is 0 Å². The zero-order chi connectivity index (χ0) is 12.1. The molecule has 1 aromatic heterocycles. The Morgan fingerprint density at radius 3 is 3.06 bits per heavy atom. The smallest absolute Gasteiger partial charge is 0.212 e. The van der Waals surface area contributed by atoms with Gasteiger partial charge in [0.25, 0.3) is 0 Å². The highest BCUT2D eigenvalue weighted by Crippen LogP contribution is 2.13. The SMILES string of the molecule is Cc1cccc(OCc2nnn(CCN)n2)c1. The van der Waals surface area contributed by atoms with Crippen LogP contribution in [0.15, 0.2) is 24.3 Å². The van der Waals surface area contributed by atoms with Crippen molar-refractivity contribution in [1.29, 1.82) is 0 Å². The van der Waals surface area contributed by atoms with Crippen LogP contribution in [0.25, 0.3) is 0 Å². The fraction of sp³-hybridized carbons (Fsp3) is 0.364. The zero-order valence-electron chi connectivity index (χ0n) is 9.71. The van der Waals surface area contributed by atoms with Crippen molar-refractivity contribution in [2.45, 2.75) is 20.1 Å². The number of tetrazole rings is 1. The second-order valence-corrected chi connectivity index (χ2v) is 3.70. The molecule has 0 radical (unpaired) electrons. The summed E-state index contributed by atoms with van der Waals surface area (Å²) in [5.41, 5.74) is 6.55. The molecular formula is C11H15N5O. The van der Waals surface area contributed by atoms with Crippen molar-refractivity contribution in [2.24, 2.45) is 5.73 Å². The Kier molecular flexibility index (Phi) is 3.66. The molecule has 0 amide bonds. The molecule has 0 bridgehead atoms. The van der Waals surface area contributed by atoms with E-state index in [2.05, 4.69) is 15.4 Å². The highest BCUT2D eigenvalue weighted by Gasteiger charge is 2.03. The molecule has 6 heteroatoms. The predicted molar refractivity (Wildman–Crippen MR) is 62.4 cm³/mol. The Bertz CT molecular complexity index is 482. The quantitative estimate of drug-likeness (QED) is 0.814. The van der Waals surface area contributed by atoms with Crippen molar-refractivity contribution in [2.75, 3.05) is 6.54 Å². The number of aromatic nitrogens is 4. The van der Waals surface area contributed by atoms with Gasteiger partial charge in [-0.05, 0) is 29.8 Å². The summed E-state index contributed by atoms with van der Waals surface area (Å²) in [7, 11) is 0. The van der Waals surface area contributed by atoms with E-state index < -0.39 is 0 Å². The topological polar surface area (TPSA) is 78.9 Å². The second kappa shape index (κ2) is 5.40. The second-order valence-electron chi connectivity index (χ2n) is 3.70. The summed E-state index contributed by atoms with van der Waals surface area (Å²) in [6.07, 6.45) is 0. The van der Waals surface area contributed by atoms with E-state index in [1.807, 2.05) is 31.2 Å². The third-order valence-electron chi connectivity index (χ3n) is 2.18. The minimum absolute atomic E-state index is 0.314. The van der Waals surface area contributed by atoms with Gasteiger partial charge in [0, 0.05) is 6.54 Å². The summed E-state index contributed by atoms with van der Waals surface area (Å²) < 4.78 is 5.55. The van der Waals surface area contributed by atoms with E-state index in [1.54, 1.807) is 0 Å². The monoisotopic (exact) mass is 233 g/mol. The third kappa shape index (κ3) is 3.25. The molecule has 0 spiro atoms. The summed E-state index contributed by atoms with van der Waals surface area (Å²) in [6, 6.07) is 7.83. The molecule has 0 atom stereocenters. The van der Waals surface area contributed by atoms with E-state index >= 15 is 0 Å². The minimum atomic E-state index is 0.314. The Morgan fingerprint density at radius 2 is 2.29 bits per heavy atom. The van der Waals surface area contributed by atoms with Gasteiger partial charge in [-0.1, -0.05) is 12.1 Å². The number of rotatable bonds is 5. The van der Waals surface area contributed by atoms with Crippen LogP contribution < -0.4 is 10.5 Å². The number of nitrogens with two attached hydrogens (primary N) is 1. The van der Waals surface area contributed by atoms with Crippen molar-refractivity contribution in [3.05, 3.63) is 35.7 Å². The molecule has 2 rings (SSSR count). The van der Waals surface area contributed by atoms with E-state index in [0.29, 0.717) is 25.5 Å². The Balaban J connectivity index is 1.93. The molecule has 2 aromatic rings. The lowest BCUT2D eigenvalue weighted by Crippen LogP contribution is -2.12. The van der Waals surface area contributed by atoms with Crippen molar-refractivity contribution >= 4 is 0 Å². The fourth-order valence-corrected chi connectivity index (χ4v) is 1.40. The lowest BCUT2D eigenvalue weighted by atomic mass is 10.2. The van der Waals surface area contributed by atoms with Crippen LogP contribution in [0.5, 0.6) is 5.75 Å². The number of hydrogen-bond donors (Lipinski definition) is 1. The number of ether oxygens (including phenoxy) is 1. The van der Waals surface area contributed by atoms with Crippen LogP contribution in [-0.4, -0.2) is 26.8 Å². The number of aryl methyl sites for hydroxylation is 1. The molecule has 0 fully saturated rings. The van der Waals surface area contributed by atoms with E-state index in [0.717, 1.165) is 11.3 Å². The first-order valence-corrected chi connectivity index (χ1v) is 5.44. The Morgan fingerprint density at radius 1 is 1.41 bits per heavy atom.